The lowest BCUT2D eigenvalue weighted by atomic mass is 9.97. The molecule has 9 heteroatoms. The monoisotopic (exact) mass is 457 g/mol. The molecular weight excluding hydrogens is 429 g/mol. The van der Waals surface area contributed by atoms with E-state index >= 15 is 0 Å². The fourth-order valence-electron chi connectivity index (χ4n) is 3.67. The topological polar surface area (TPSA) is 80.7 Å². The quantitative estimate of drug-likeness (QED) is 0.578. The Morgan fingerprint density at radius 2 is 1.85 bits per heavy atom. The molecule has 0 saturated carbocycles. The molecule has 1 aliphatic rings. The Hall–Kier alpha value is -3.46. The SMILES string of the molecule is COCCN(CC(=O)N1N=C(c2ccc(OC)cc2OC)C[C@H]1c1ccc(F)cc1)C(C)=O. The van der Waals surface area contributed by atoms with Gasteiger partial charge in [-0.3, -0.25) is 9.59 Å². The molecule has 1 atom stereocenters. The van der Waals surface area contributed by atoms with Gasteiger partial charge in [-0.25, -0.2) is 9.40 Å². The number of carbonyl (C=O) groups is 2. The minimum Gasteiger partial charge on any atom is -0.497 e. The van der Waals surface area contributed by atoms with Gasteiger partial charge in [-0.05, 0) is 29.8 Å². The van der Waals surface area contributed by atoms with Gasteiger partial charge in [0.05, 0.1) is 32.6 Å². The minimum atomic E-state index is -0.448. The lowest BCUT2D eigenvalue weighted by Crippen LogP contribution is -2.41. The lowest BCUT2D eigenvalue weighted by molar-refractivity contribution is -0.141. The first kappa shape index (κ1) is 24.2. The molecule has 33 heavy (non-hydrogen) atoms. The summed E-state index contributed by atoms with van der Waals surface area (Å²) in [5, 5.41) is 5.98. The molecule has 1 aliphatic heterocycles. The van der Waals surface area contributed by atoms with E-state index in [-0.39, 0.29) is 30.7 Å². The van der Waals surface area contributed by atoms with Crippen molar-refractivity contribution in [1.82, 2.24) is 9.91 Å². The van der Waals surface area contributed by atoms with E-state index in [1.165, 1.54) is 36.1 Å². The van der Waals surface area contributed by atoms with Crippen molar-refractivity contribution in [2.45, 2.75) is 19.4 Å². The zero-order chi connectivity index (χ0) is 24.0. The van der Waals surface area contributed by atoms with Crippen molar-refractivity contribution in [1.29, 1.82) is 0 Å². The van der Waals surface area contributed by atoms with Crippen LogP contribution in [0.3, 0.4) is 0 Å². The Morgan fingerprint density at radius 3 is 2.45 bits per heavy atom. The molecule has 0 spiro atoms. The average molecular weight is 458 g/mol. The van der Waals surface area contributed by atoms with Crippen molar-refractivity contribution in [2.24, 2.45) is 5.10 Å². The van der Waals surface area contributed by atoms with Crippen LogP contribution in [0.25, 0.3) is 0 Å². The molecule has 1 heterocycles. The summed E-state index contributed by atoms with van der Waals surface area (Å²) in [5.41, 5.74) is 2.11. The van der Waals surface area contributed by atoms with Gasteiger partial charge in [0.25, 0.3) is 5.91 Å². The van der Waals surface area contributed by atoms with Crippen LogP contribution in [0, 0.1) is 5.82 Å². The largest absolute Gasteiger partial charge is 0.497 e. The Labute approximate surface area is 192 Å². The Balaban J connectivity index is 1.95. The van der Waals surface area contributed by atoms with E-state index < -0.39 is 6.04 Å². The molecule has 2 aromatic rings. The average Bonchev–Trinajstić information content (AvgIpc) is 3.26. The van der Waals surface area contributed by atoms with E-state index in [2.05, 4.69) is 5.10 Å². The molecule has 0 radical (unpaired) electrons. The molecule has 0 unspecified atom stereocenters. The van der Waals surface area contributed by atoms with Crippen LogP contribution in [0.1, 0.15) is 30.5 Å². The van der Waals surface area contributed by atoms with E-state index in [4.69, 9.17) is 14.2 Å². The number of methoxy groups -OCH3 is 3. The van der Waals surface area contributed by atoms with Crippen molar-refractivity contribution in [3.05, 3.63) is 59.4 Å². The summed E-state index contributed by atoms with van der Waals surface area (Å²) in [6.07, 6.45) is 0.401. The van der Waals surface area contributed by atoms with Crippen LogP contribution in [0.4, 0.5) is 4.39 Å². The van der Waals surface area contributed by atoms with Crippen LogP contribution in [0.15, 0.2) is 47.6 Å². The number of hydrogen-bond donors (Lipinski definition) is 0. The lowest BCUT2D eigenvalue weighted by Gasteiger charge is -2.26. The molecule has 2 amide bonds. The van der Waals surface area contributed by atoms with E-state index in [1.807, 2.05) is 6.07 Å². The molecular formula is C24H28FN3O5. The van der Waals surface area contributed by atoms with Crippen molar-refractivity contribution >= 4 is 17.5 Å². The van der Waals surface area contributed by atoms with Gasteiger partial charge in [0.2, 0.25) is 5.91 Å². The van der Waals surface area contributed by atoms with Gasteiger partial charge < -0.3 is 19.1 Å². The molecule has 3 rings (SSSR count). The Kier molecular flexibility index (Phi) is 8.00. The fourth-order valence-corrected chi connectivity index (χ4v) is 3.67. The third-order valence-corrected chi connectivity index (χ3v) is 5.48. The van der Waals surface area contributed by atoms with Crippen LogP contribution in [-0.4, -0.2) is 68.5 Å². The maximum Gasteiger partial charge on any atom is 0.262 e. The third kappa shape index (κ3) is 5.67. The van der Waals surface area contributed by atoms with Crippen LogP contribution in [0.5, 0.6) is 11.5 Å². The van der Waals surface area contributed by atoms with Gasteiger partial charge in [-0.15, -0.1) is 0 Å². The summed E-state index contributed by atoms with van der Waals surface area (Å²) in [6, 6.07) is 10.9. The second-order valence-electron chi connectivity index (χ2n) is 7.56. The first-order valence-corrected chi connectivity index (χ1v) is 10.5. The van der Waals surface area contributed by atoms with Crippen LogP contribution >= 0.6 is 0 Å². The summed E-state index contributed by atoms with van der Waals surface area (Å²) in [7, 11) is 4.65. The van der Waals surface area contributed by atoms with E-state index in [9.17, 15) is 14.0 Å². The first-order chi connectivity index (χ1) is 15.9. The van der Waals surface area contributed by atoms with E-state index in [1.54, 1.807) is 38.5 Å². The zero-order valence-corrected chi connectivity index (χ0v) is 19.2. The highest BCUT2D eigenvalue weighted by Crippen LogP contribution is 2.36. The normalized spacial score (nSPS) is 15.2. The first-order valence-electron chi connectivity index (χ1n) is 10.5. The summed E-state index contributed by atoms with van der Waals surface area (Å²) in [6.45, 7) is 1.86. The number of hydrazone groups is 1. The summed E-state index contributed by atoms with van der Waals surface area (Å²) < 4.78 is 29.3. The number of ether oxygens (including phenoxy) is 3. The van der Waals surface area contributed by atoms with Gasteiger partial charge in [-0.2, -0.15) is 5.10 Å². The molecule has 0 aliphatic carbocycles. The van der Waals surface area contributed by atoms with Crippen molar-refractivity contribution in [2.75, 3.05) is 41.0 Å². The van der Waals surface area contributed by atoms with Gasteiger partial charge in [0.15, 0.2) is 0 Å². The number of amides is 2. The Bertz CT molecular complexity index is 1030. The minimum absolute atomic E-state index is 0.146. The standard InChI is InChI=1S/C24H28FN3O5/c1-16(29)27(11-12-31-2)15-24(30)28-22(17-5-7-18(25)8-6-17)14-21(26-28)20-10-9-19(32-3)13-23(20)33-4/h5-10,13,22H,11-12,14-15H2,1-4H3/t22-/m0/s1. The van der Waals surface area contributed by atoms with E-state index in [0.717, 1.165) is 11.1 Å². The van der Waals surface area contributed by atoms with Crippen LogP contribution in [-0.2, 0) is 14.3 Å². The summed E-state index contributed by atoms with van der Waals surface area (Å²) in [5.74, 6) is 0.241. The number of benzene rings is 2. The molecule has 176 valence electrons. The second-order valence-corrected chi connectivity index (χ2v) is 7.56. The molecule has 0 saturated heterocycles. The van der Waals surface area contributed by atoms with Gasteiger partial charge in [0.1, 0.15) is 23.9 Å². The predicted octanol–water partition coefficient (Wildman–Crippen LogP) is 3.02. The van der Waals surface area contributed by atoms with Gasteiger partial charge in [0, 0.05) is 38.6 Å². The molecule has 0 N–H and O–H groups in total. The second kappa shape index (κ2) is 10.9. The third-order valence-electron chi connectivity index (χ3n) is 5.48. The van der Waals surface area contributed by atoms with Crippen molar-refractivity contribution in [3.63, 3.8) is 0 Å². The highest BCUT2D eigenvalue weighted by Gasteiger charge is 2.35. The molecule has 2 aromatic carbocycles. The number of carbonyl (C=O) groups excluding carboxylic acids is 2. The number of rotatable bonds is 9. The molecule has 0 bridgehead atoms. The van der Waals surface area contributed by atoms with E-state index in [0.29, 0.717) is 30.2 Å². The highest BCUT2D eigenvalue weighted by atomic mass is 19.1. The zero-order valence-electron chi connectivity index (χ0n) is 19.2. The van der Waals surface area contributed by atoms with Gasteiger partial charge in [-0.1, -0.05) is 12.1 Å². The maximum atomic E-state index is 13.5. The Morgan fingerprint density at radius 1 is 1.12 bits per heavy atom. The smallest absolute Gasteiger partial charge is 0.262 e. The predicted molar refractivity (Wildman–Crippen MR) is 121 cm³/mol. The van der Waals surface area contributed by atoms with Crippen LogP contribution in [0.2, 0.25) is 0 Å². The molecule has 0 aromatic heterocycles. The highest BCUT2D eigenvalue weighted by molar-refractivity contribution is 6.05. The maximum absolute atomic E-state index is 13.5. The fraction of sp³-hybridized carbons (Fsp3) is 0.375. The summed E-state index contributed by atoms with van der Waals surface area (Å²) in [4.78, 5) is 26.7. The number of hydrogen-bond acceptors (Lipinski definition) is 6. The van der Waals surface area contributed by atoms with Crippen molar-refractivity contribution in [3.8, 4) is 11.5 Å². The number of nitrogens with zero attached hydrogens (tertiary/aromatic N) is 3. The summed E-state index contributed by atoms with van der Waals surface area (Å²) >= 11 is 0. The van der Waals surface area contributed by atoms with Crippen molar-refractivity contribution < 1.29 is 28.2 Å². The van der Waals surface area contributed by atoms with Crippen LogP contribution < -0.4 is 9.47 Å². The molecule has 0 fully saturated rings. The molecule has 8 nitrogen and oxygen atoms in total. The van der Waals surface area contributed by atoms with Gasteiger partial charge >= 0.3 is 0 Å². The number of halogens is 1.